The molecule has 1 aliphatic carbocycles. The summed E-state index contributed by atoms with van der Waals surface area (Å²) >= 11 is 0. The second-order valence-corrected chi connectivity index (χ2v) is 19.2. The van der Waals surface area contributed by atoms with Crippen LogP contribution in [0.5, 0.6) is 0 Å². The molecule has 1 atom stereocenters. The number of carbonyl (C=O) groups is 3. The number of hydrogen-bond donors (Lipinski definition) is 1. The van der Waals surface area contributed by atoms with Gasteiger partial charge in [-0.1, -0.05) is 79.2 Å². The molecular weight excluding hydrogens is 867 g/mol. The number of sulfonamides is 2. The highest BCUT2D eigenvalue weighted by Gasteiger charge is 2.36. The van der Waals surface area contributed by atoms with Crippen LogP contribution in [0, 0.1) is 20.2 Å². The number of pyridine rings is 1. The van der Waals surface area contributed by atoms with E-state index in [-0.39, 0.29) is 97.1 Å². The lowest BCUT2D eigenvalue weighted by molar-refractivity contribution is -0.388. The van der Waals surface area contributed by atoms with Crippen LogP contribution in [0.2, 0.25) is 0 Å². The quantitative estimate of drug-likeness (QED) is 0.0682. The highest BCUT2D eigenvalue weighted by Crippen LogP contribution is 2.32. The Morgan fingerprint density at radius 2 is 1.16 bits per heavy atom. The number of fused-ring (bicyclic) bond motifs is 4. The van der Waals surface area contributed by atoms with Crippen LogP contribution < -0.4 is 5.73 Å². The van der Waals surface area contributed by atoms with Gasteiger partial charge in [0, 0.05) is 59.6 Å². The second kappa shape index (κ2) is 19.1. The van der Waals surface area contributed by atoms with Crippen molar-refractivity contribution in [3.8, 4) is 0 Å². The third-order valence-corrected chi connectivity index (χ3v) is 15.0. The fourth-order valence-electron chi connectivity index (χ4n) is 8.01. The Morgan fingerprint density at radius 1 is 0.641 bits per heavy atom. The number of unbranched alkanes of at least 4 members (excludes halogenated alkanes) is 1. The van der Waals surface area contributed by atoms with Crippen LogP contribution >= 0.6 is 0 Å². The molecule has 0 spiro atoms. The number of nitrogens with zero attached hydrogens (tertiary/aromatic N) is 6. The molecule has 1 aliphatic heterocycles. The number of nitro benzene ring substituents is 2. The lowest BCUT2D eigenvalue weighted by atomic mass is 9.80. The number of aromatic nitrogens is 1. The zero-order chi connectivity index (χ0) is 45.8. The van der Waals surface area contributed by atoms with Gasteiger partial charge in [-0.05, 0) is 56.6 Å². The summed E-state index contributed by atoms with van der Waals surface area (Å²) in [6.07, 6.45) is 1.23. The zero-order valence-electron chi connectivity index (χ0n) is 34.3. The van der Waals surface area contributed by atoms with Gasteiger partial charge in [-0.15, -0.1) is 0 Å². The van der Waals surface area contributed by atoms with Crippen molar-refractivity contribution in [2.75, 3.05) is 32.7 Å². The van der Waals surface area contributed by atoms with Gasteiger partial charge in [0.25, 0.3) is 11.4 Å². The van der Waals surface area contributed by atoms with Gasteiger partial charge >= 0.3 is 0 Å². The van der Waals surface area contributed by atoms with Crippen LogP contribution in [0.4, 0.5) is 11.4 Å². The maximum atomic E-state index is 14.3. The molecule has 2 bridgehead atoms. The fourth-order valence-corrected chi connectivity index (χ4v) is 11.2. The lowest BCUT2D eigenvalue weighted by Crippen LogP contribution is -2.40. The van der Waals surface area contributed by atoms with E-state index in [1.165, 1.54) is 42.5 Å². The highest BCUT2D eigenvalue weighted by molar-refractivity contribution is 7.89. The van der Waals surface area contributed by atoms with Gasteiger partial charge in [-0.3, -0.25) is 39.6 Å². The molecule has 0 saturated heterocycles. The summed E-state index contributed by atoms with van der Waals surface area (Å²) in [4.78, 5) is 68.4. The normalized spacial score (nSPS) is 16.1. The minimum atomic E-state index is -4.52. The number of nitrogens with two attached hydrogens (primary N) is 1. The SMILES string of the molecule is NC(CCCCN1CCCN(S(=O)(=O)c2ccccc2[N+](=O)[O-])Cc2cccc(n2)CN(S(=O)(=O)c2ccccc2[N+](=O)[O-])CC1)C(=O)c1cccc2c1C(=O)c1ccccc1C2=O. The predicted molar refractivity (Wildman–Crippen MR) is 233 cm³/mol. The van der Waals surface area contributed by atoms with E-state index in [9.17, 15) is 51.4 Å². The molecular formula is C44H43N7O11S2. The van der Waals surface area contributed by atoms with Crippen molar-refractivity contribution < 1.29 is 41.1 Å². The first-order chi connectivity index (χ1) is 30.6. The van der Waals surface area contributed by atoms with Crippen molar-refractivity contribution in [2.24, 2.45) is 5.73 Å². The highest BCUT2D eigenvalue weighted by atomic mass is 32.2. The predicted octanol–water partition coefficient (Wildman–Crippen LogP) is 5.14. The van der Waals surface area contributed by atoms with Gasteiger partial charge in [-0.25, -0.2) is 16.8 Å². The Labute approximate surface area is 368 Å². The first-order valence-electron chi connectivity index (χ1n) is 20.3. The Hall–Kier alpha value is -6.42. The largest absolute Gasteiger partial charge is 0.321 e. The average Bonchev–Trinajstić information content (AvgIpc) is 3.30. The van der Waals surface area contributed by atoms with E-state index in [1.807, 2.05) is 4.90 Å². The number of nitro groups is 2. The van der Waals surface area contributed by atoms with Crippen LogP contribution in [0.3, 0.4) is 0 Å². The van der Waals surface area contributed by atoms with E-state index in [4.69, 9.17) is 5.73 Å². The standard InChI is InChI=1S/C44H43N7O11S2/c45-36(43(53)35-17-10-16-34-41(35)44(54)33-15-2-1-14-32(33)42(34)52)18-7-8-23-47-24-11-25-48(63(59,60)39-21-5-3-19-37(39)50(55)56)28-30-12-9-13-31(46-30)29-49(27-26-47)64(61,62)40-22-6-4-20-38(40)51(57)58/h1-6,9-10,12-17,19-22,36H,7-8,11,18,23-29,45H2. The fraction of sp³-hybridized carbons (Fsp3) is 0.273. The number of rotatable bonds is 13. The molecule has 0 fully saturated rings. The number of Topliss-reactive ketones (excluding diaryl/α,β-unsaturated/α-hetero) is 1. The van der Waals surface area contributed by atoms with Gasteiger partial charge in [0.15, 0.2) is 27.1 Å². The first-order valence-corrected chi connectivity index (χ1v) is 23.2. The van der Waals surface area contributed by atoms with Crippen molar-refractivity contribution in [1.29, 1.82) is 0 Å². The van der Waals surface area contributed by atoms with E-state index < -0.39 is 68.7 Å². The van der Waals surface area contributed by atoms with Crippen LogP contribution in [-0.4, -0.2) is 101 Å². The molecule has 5 aromatic rings. The number of para-hydroxylation sites is 2. The smallest absolute Gasteiger partial charge is 0.289 e. The molecule has 0 saturated carbocycles. The van der Waals surface area contributed by atoms with Crippen LogP contribution in [0.25, 0.3) is 0 Å². The number of hydrogen-bond acceptors (Lipinski definition) is 14. The van der Waals surface area contributed by atoms with Gasteiger partial charge < -0.3 is 10.6 Å². The number of ketones is 3. The van der Waals surface area contributed by atoms with Gasteiger partial charge in [0.05, 0.1) is 40.4 Å². The molecule has 0 amide bonds. The average molecular weight is 910 g/mol. The van der Waals surface area contributed by atoms with E-state index in [2.05, 4.69) is 4.98 Å². The summed E-state index contributed by atoms with van der Waals surface area (Å²) in [5.74, 6) is -1.31. The van der Waals surface area contributed by atoms with Gasteiger partial charge in [0.1, 0.15) is 0 Å². The molecule has 18 nitrogen and oxygen atoms in total. The molecule has 1 aromatic heterocycles. The lowest BCUT2D eigenvalue weighted by Gasteiger charge is -2.28. The Kier molecular flexibility index (Phi) is 13.6. The van der Waals surface area contributed by atoms with Gasteiger partial charge in [0.2, 0.25) is 20.0 Å². The summed E-state index contributed by atoms with van der Waals surface area (Å²) in [5, 5.41) is 23.9. The second-order valence-electron chi connectivity index (χ2n) is 15.3. The molecule has 7 rings (SSSR count). The maximum Gasteiger partial charge on any atom is 0.289 e. The Balaban J connectivity index is 1.13. The summed E-state index contributed by atoms with van der Waals surface area (Å²) in [5.41, 5.74) is 6.34. The molecule has 20 heteroatoms. The molecule has 64 heavy (non-hydrogen) atoms. The van der Waals surface area contributed by atoms with Crippen molar-refractivity contribution in [3.63, 3.8) is 0 Å². The van der Waals surface area contributed by atoms with Crippen molar-refractivity contribution in [2.45, 2.75) is 54.6 Å². The van der Waals surface area contributed by atoms with E-state index in [0.717, 1.165) is 32.9 Å². The molecule has 2 aliphatic rings. The molecule has 1 unspecified atom stereocenters. The molecule has 0 radical (unpaired) electrons. The van der Waals surface area contributed by atoms with Crippen molar-refractivity contribution in [1.82, 2.24) is 18.5 Å². The van der Waals surface area contributed by atoms with Crippen LogP contribution in [0.15, 0.2) is 119 Å². The minimum Gasteiger partial charge on any atom is -0.321 e. The van der Waals surface area contributed by atoms with Crippen LogP contribution in [0.1, 0.15) is 79.3 Å². The molecule has 332 valence electrons. The van der Waals surface area contributed by atoms with E-state index >= 15 is 0 Å². The third kappa shape index (κ3) is 9.42. The topological polar surface area (TPSA) is 254 Å². The minimum absolute atomic E-state index is 0.0155. The third-order valence-electron chi connectivity index (χ3n) is 11.2. The van der Waals surface area contributed by atoms with E-state index in [0.29, 0.717) is 19.4 Å². The zero-order valence-corrected chi connectivity index (χ0v) is 35.9. The van der Waals surface area contributed by atoms with Crippen molar-refractivity contribution >= 4 is 48.8 Å². The van der Waals surface area contributed by atoms with E-state index in [1.54, 1.807) is 42.5 Å². The van der Waals surface area contributed by atoms with Crippen LogP contribution in [-0.2, 0) is 33.1 Å². The van der Waals surface area contributed by atoms with Crippen molar-refractivity contribution in [3.05, 3.63) is 169 Å². The molecule has 2 heterocycles. The number of benzene rings is 4. The summed E-state index contributed by atoms with van der Waals surface area (Å²) < 4.78 is 59.1. The summed E-state index contributed by atoms with van der Waals surface area (Å²) in [6, 6.07) is 24.6. The maximum absolute atomic E-state index is 14.3. The number of carbonyl (C=O) groups excluding carboxylic acids is 3. The Morgan fingerprint density at radius 3 is 1.75 bits per heavy atom. The first kappa shape index (κ1) is 45.6. The summed E-state index contributed by atoms with van der Waals surface area (Å²) in [7, 11) is -9.00. The Bertz CT molecular complexity index is 2890. The monoisotopic (exact) mass is 909 g/mol. The summed E-state index contributed by atoms with van der Waals surface area (Å²) in [6.45, 7) is -0.226. The molecule has 4 aromatic carbocycles. The van der Waals surface area contributed by atoms with Gasteiger partial charge in [-0.2, -0.15) is 8.61 Å². The molecule has 2 N–H and O–H groups in total.